The summed E-state index contributed by atoms with van der Waals surface area (Å²) in [5, 5.41) is 3.64. The first-order chi connectivity index (χ1) is 12.2. The van der Waals surface area contributed by atoms with Gasteiger partial charge in [0.15, 0.2) is 0 Å². The number of likely N-dealkylation sites (tertiary alicyclic amines) is 1. The smallest absolute Gasteiger partial charge is 0.142 e. The van der Waals surface area contributed by atoms with Gasteiger partial charge in [0, 0.05) is 31.7 Å². The molecule has 0 bridgehead atoms. The highest BCUT2D eigenvalue weighted by Crippen LogP contribution is 2.30. The van der Waals surface area contributed by atoms with E-state index in [2.05, 4.69) is 41.4 Å². The van der Waals surface area contributed by atoms with Crippen molar-refractivity contribution in [1.82, 2.24) is 4.90 Å². The van der Waals surface area contributed by atoms with E-state index in [1.54, 1.807) is 14.2 Å². The molecule has 1 heterocycles. The Hall–Kier alpha value is -2.20. The molecule has 1 fully saturated rings. The minimum absolute atomic E-state index is 0.467. The van der Waals surface area contributed by atoms with Gasteiger partial charge in [-0.25, -0.2) is 0 Å². The van der Waals surface area contributed by atoms with Crippen LogP contribution in [0, 0.1) is 6.92 Å². The lowest BCUT2D eigenvalue weighted by molar-refractivity contribution is 0.211. The number of ether oxygens (including phenoxy) is 2. The number of nitrogens with one attached hydrogen (secondary N) is 1. The van der Waals surface area contributed by atoms with Gasteiger partial charge >= 0.3 is 0 Å². The molecule has 0 atom stereocenters. The second kappa shape index (κ2) is 8.26. The van der Waals surface area contributed by atoms with E-state index in [1.165, 1.54) is 11.1 Å². The number of rotatable bonds is 6. The van der Waals surface area contributed by atoms with Crippen molar-refractivity contribution in [1.29, 1.82) is 0 Å². The summed E-state index contributed by atoms with van der Waals surface area (Å²) in [7, 11) is 3.40. The van der Waals surface area contributed by atoms with E-state index in [1.807, 2.05) is 18.2 Å². The Balaban J connectivity index is 1.56. The van der Waals surface area contributed by atoms with Gasteiger partial charge in [0.2, 0.25) is 0 Å². The molecule has 0 radical (unpaired) electrons. The Morgan fingerprint density at radius 1 is 1.04 bits per heavy atom. The molecule has 0 amide bonds. The molecule has 0 aliphatic carbocycles. The van der Waals surface area contributed by atoms with E-state index in [-0.39, 0.29) is 0 Å². The van der Waals surface area contributed by atoms with Crippen molar-refractivity contribution >= 4 is 5.69 Å². The number of piperidine rings is 1. The third kappa shape index (κ3) is 4.67. The second-order valence-corrected chi connectivity index (χ2v) is 6.75. The van der Waals surface area contributed by atoms with Crippen LogP contribution in [-0.2, 0) is 6.54 Å². The van der Waals surface area contributed by atoms with Crippen LogP contribution >= 0.6 is 0 Å². The van der Waals surface area contributed by atoms with E-state index >= 15 is 0 Å². The summed E-state index contributed by atoms with van der Waals surface area (Å²) in [5.41, 5.74) is 3.75. The molecule has 134 valence electrons. The Bertz CT molecular complexity index is 694. The Kier molecular flexibility index (Phi) is 5.82. The first-order valence-corrected chi connectivity index (χ1v) is 8.94. The molecule has 1 aliphatic heterocycles. The minimum Gasteiger partial charge on any atom is -0.497 e. The number of benzene rings is 2. The first kappa shape index (κ1) is 17.6. The Morgan fingerprint density at radius 3 is 2.52 bits per heavy atom. The highest BCUT2D eigenvalue weighted by atomic mass is 16.5. The van der Waals surface area contributed by atoms with Crippen molar-refractivity contribution in [3.63, 3.8) is 0 Å². The molecule has 1 N–H and O–H groups in total. The average Bonchev–Trinajstić information content (AvgIpc) is 2.63. The predicted octanol–water partition coefficient (Wildman–Crippen LogP) is 4.09. The molecule has 0 spiro atoms. The molecule has 0 unspecified atom stereocenters. The number of anilines is 1. The van der Waals surface area contributed by atoms with Crippen LogP contribution in [0.1, 0.15) is 24.0 Å². The first-order valence-electron chi connectivity index (χ1n) is 8.94. The lowest BCUT2D eigenvalue weighted by Crippen LogP contribution is -2.38. The summed E-state index contributed by atoms with van der Waals surface area (Å²) in [4.78, 5) is 2.54. The molecule has 0 saturated carbocycles. The molecule has 25 heavy (non-hydrogen) atoms. The molecule has 2 aromatic rings. The standard InChI is InChI=1S/C21H28N2O2/c1-16-5-4-6-17(13-16)15-23-11-9-18(10-12-23)22-20-14-19(24-2)7-8-21(20)25-3/h4-8,13-14,18,22H,9-12,15H2,1-3H3. The number of aryl methyl sites for hydroxylation is 1. The van der Waals surface area contributed by atoms with Gasteiger partial charge in [-0.3, -0.25) is 4.90 Å². The number of hydrogen-bond acceptors (Lipinski definition) is 4. The van der Waals surface area contributed by atoms with Gasteiger partial charge in [-0.2, -0.15) is 0 Å². The summed E-state index contributed by atoms with van der Waals surface area (Å²) in [6.07, 6.45) is 2.26. The zero-order valence-electron chi connectivity index (χ0n) is 15.4. The Labute approximate surface area is 150 Å². The van der Waals surface area contributed by atoms with E-state index in [9.17, 15) is 0 Å². The van der Waals surface area contributed by atoms with Crippen LogP contribution in [-0.4, -0.2) is 38.3 Å². The fourth-order valence-electron chi connectivity index (χ4n) is 3.45. The topological polar surface area (TPSA) is 33.7 Å². The summed E-state index contributed by atoms with van der Waals surface area (Å²) in [6.45, 7) is 5.41. The lowest BCUT2D eigenvalue weighted by Gasteiger charge is -2.33. The number of nitrogens with zero attached hydrogens (tertiary/aromatic N) is 1. The van der Waals surface area contributed by atoms with Crippen molar-refractivity contribution in [3.8, 4) is 11.5 Å². The summed E-state index contributed by atoms with van der Waals surface area (Å²) >= 11 is 0. The summed E-state index contributed by atoms with van der Waals surface area (Å²) < 4.78 is 10.8. The summed E-state index contributed by atoms with van der Waals surface area (Å²) in [5.74, 6) is 1.71. The largest absolute Gasteiger partial charge is 0.497 e. The van der Waals surface area contributed by atoms with Crippen LogP contribution in [0.25, 0.3) is 0 Å². The van der Waals surface area contributed by atoms with Crippen LogP contribution in [0.15, 0.2) is 42.5 Å². The molecule has 4 nitrogen and oxygen atoms in total. The minimum atomic E-state index is 0.467. The van der Waals surface area contributed by atoms with E-state index < -0.39 is 0 Å². The second-order valence-electron chi connectivity index (χ2n) is 6.75. The van der Waals surface area contributed by atoms with Gasteiger partial charge < -0.3 is 14.8 Å². The van der Waals surface area contributed by atoms with Crippen LogP contribution in [0.4, 0.5) is 5.69 Å². The molecular weight excluding hydrogens is 312 g/mol. The van der Waals surface area contributed by atoms with Crippen LogP contribution in [0.5, 0.6) is 11.5 Å². The highest BCUT2D eigenvalue weighted by Gasteiger charge is 2.20. The highest BCUT2D eigenvalue weighted by molar-refractivity contribution is 5.60. The fraction of sp³-hybridized carbons (Fsp3) is 0.429. The fourth-order valence-corrected chi connectivity index (χ4v) is 3.45. The van der Waals surface area contributed by atoms with E-state index in [4.69, 9.17) is 9.47 Å². The molecule has 1 aliphatic rings. The van der Waals surface area contributed by atoms with Gasteiger partial charge in [0.05, 0.1) is 19.9 Å². The average molecular weight is 340 g/mol. The maximum Gasteiger partial charge on any atom is 0.142 e. The molecule has 4 heteroatoms. The number of hydrogen-bond donors (Lipinski definition) is 1. The van der Waals surface area contributed by atoms with Crippen LogP contribution in [0.3, 0.4) is 0 Å². The zero-order valence-corrected chi connectivity index (χ0v) is 15.4. The number of methoxy groups -OCH3 is 2. The van der Waals surface area contributed by atoms with Crippen molar-refractivity contribution < 1.29 is 9.47 Å². The van der Waals surface area contributed by atoms with Crippen molar-refractivity contribution in [2.24, 2.45) is 0 Å². The predicted molar refractivity (Wildman–Crippen MR) is 103 cm³/mol. The van der Waals surface area contributed by atoms with Crippen molar-refractivity contribution in [2.45, 2.75) is 32.4 Å². The van der Waals surface area contributed by atoms with Gasteiger partial charge in [0.1, 0.15) is 11.5 Å². The Morgan fingerprint density at radius 2 is 1.84 bits per heavy atom. The lowest BCUT2D eigenvalue weighted by atomic mass is 10.0. The quantitative estimate of drug-likeness (QED) is 0.859. The van der Waals surface area contributed by atoms with Gasteiger partial charge in [0.25, 0.3) is 0 Å². The van der Waals surface area contributed by atoms with Crippen LogP contribution < -0.4 is 14.8 Å². The van der Waals surface area contributed by atoms with Gasteiger partial charge in [-0.15, -0.1) is 0 Å². The third-order valence-corrected chi connectivity index (χ3v) is 4.84. The summed E-state index contributed by atoms with van der Waals surface area (Å²) in [6, 6.07) is 15.2. The van der Waals surface area contributed by atoms with E-state index in [0.717, 1.165) is 49.7 Å². The monoisotopic (exact) mass is 340 g/mol. The molecule has 2 aromatic carbocycles. The molecule has 3 rings (SSSR count). The molecule has 1 saturated heterocycles. The van der Waals surface area contributed by atoms with Crippen molar-refractivity contribution in [3.05, 3.63) is 53.6 Å². The SMILES string of the molecule is COc1ccc(OC)c(NC2CCN(Cc3cccc(C)c3)CC2)c1. The van der Waals surface area contributed by atoms with Gasteiger partial charge in [-0.1, -0.05) is 29.8 Å². The van der Waals surface area contributed by atoms with E-state index in [0.29, 0.717) is 6.04 Å². The maximum atomic E-state index is 5.47. The van der Waals surface area contributed by atoms with Crippen LogP contribution in [0.2, 0.25) is 0 Å². The zero-order chi connectivity index (χ0) is 17.6. The normalized spacial score (nSPS) is 15.8. The maximum absolute atomic E-state index is 5.47. The molecule has 0 aromatic heterocycles. The van der Waals surface area contributed by atoms with Crippen molar-refractivity contribution in [2.75, 3.05) is 32.6 Å². The van der Waals surface area contributed by atoms with Gasteiger partial charge in [-0.05, 0) is 37.5 Å². The third-order valence-electron chi connectivity index (χ3n) is 4.84. The molecular formula is C21H28N2O2.